The number of aryl methyl sites for hydroxylation is 1. The number of para-hydroxylation sites is 1. The van der Waals surface area contributed by atoms with E-state index in [4.69, 9.17) is 4.74 Å². The molecule has 0 saturated heterocycles. The van der Waals surface area contributed by atoms with E-state index in [0.717, 1.165) is 30.9 Å². The van der Waals surface area contributed by atoms with E-state index in [2.05, 4.69) is 29.4 Å². The quantitative estimate of drug-likeness (QED) is 0.802. The third kappa shape index (κ3) is 2.94. The van der Waals surface area contributed by atoms with Gasteiger partial charge in [-0.15, -0.1) is 0 Å². The number of hydrogen-bond donors (Lipinski definition) is 1. The molecule has 0 atom stereocenters. The average molecular weight is 230 g/mol. The van der Waals surface area contributed by atoms with E-state index < -0.39 is 0 Å². The van der Waals surface area contributed by atoms with Crippen LogP contribution in [0, 0.1) is 6.92 Å². The van der Waals surface area contributed by atoms with Crippen LogP contribution in [0.4, 0.5) is 5.82 Å². The molecule has 1 heterocycles. The number of rotatable bonds is 5. The molecule has 2 rings (SSSR count). The Balaban J connectivity index is 2.13. The van der Waals surface area contributed by atoms with E-state index in [0.29, 0.717) is 0 Å². The Morgan fingerprint density at radius 2 is 2.12 bits per heavy atom. The molecule has 0 spiro atoms. The summed E-state index contributed by atoms with van der Waals surface area (Å²) in [6.45, 7) is 3.78. The predicted octanol–water partition coefficient (Wildman–Crippen LogP) is 2.99. The number of fused-ring (bicyclic) bond motifs is 1. The topological polar surface area (TPSA) is 34.1 Å². The summed E-state index contributed by atoms with van der Waals surface area (Å²) in [6.07, 6.45) is 0.990. The van der Waals surface area contributed by atoms with Gasteiger partial charge in [0.05, 0.1) is 5.52 Å². The van der Waals surface area contributed by atoms with Crippen LogP contribution in [0.3, 0.4) is 0 Å². The van der Waals surface area contributed by atoms with Crippen molar-refractivity contribution < 1.29 is 4.74 Å². The molecule has 2 aromatic rings. The third-order valence-corrected chi connectivity index (χ3v) is 2.75. The lowest BCUT2D eigenvalue weighted by atomic mass is 10.1. The standard InChI is InChI=1S/C14H18N2O/c1-11-10-14(15-8-5-9-17-2)16-13-7-4-3-6-12(11)13/h3-4,6-7,10H,5,8-9H2,1-2H3,(H,15,16). The highest BCUT2D eigenvalue weighted by molar-refractivity contribution is 5.83. The van der Waals surface area contributed by atoms with E-state index in [1.807, 2.05) is 18.2 Å². The minimum absolute atomic E-state index is 0.777. The fraction of sp³-hybridized carbons (Fsp3) is 0.357. The van der Waals surface area contributed by atoms with E-state index >= 15 is 0 Å². The van der Waals surface area contributed by atoms with Crippen LogP contribution in [0.2, 0.25) is 0 Å². The Hall–Kier alpha value is -1.61. The predicted molar refractivity (Wildman–Crippen MR) is 71.5 cm³/mol. The van der Waals surface area contributed by atoms with Crippen molar-refractivity contribution in [2.24, 2.45) is 0 Å². The minimum Gasteiger partial charge on any atom is -0.385 e. The lowest BCUT2D eigenvalue weighted by Gasteiger charge is -2.08. The van der Waals surface area contributed by atoms with Gasteiger partial charge in [-0.2, -0.15) is 0 Å². The van der Waals surface area contributed by atoms with Gasteiger partial charge in [-0.3, -0.25) is 0 Å². The maximum atomic E-state index is 5.01. The molecule has 0 aliphatic carbocycles. The molecule has 0 saturated carbocycles. The highest BCUT2D eigenvalue weighted by Gasteiger charge is 2.01. The Morgan fingerprint density at radius 3 is 2.94 bits per heavy atom. The first-order valence-electron chi connectivity index (χ1n) is 5.90. The molecule has 0 bridgehead atoms. The van der Waals surface area contributed by atoms with Crippen LogP contribution >= 0.6 is 0 Å². The molecule has 0 unspecified atom stereocenters. The highest BCUT2D eigenvalue weighted by Crippen LogP contribution is 2.19. The van der Waals surface area contributed by atoms with Crippen molar-refractivity contribution in [3.8, 4) is 0 Å². The van der Waals surface area contributed by atoms with E-state index in [-0.39, 0.29) is 0 Å². The number of hydrogen-bond acceptors (Lipinski definition) is 3. The molecule has 1 aromatic carbocycles. The smallest absolute Gasteiger partial charge is 0.126 e. The zero-order valence-corrected chi connectivity index (χ0v) is 10.4. The number of ether oxygens (including phenoxy) is 1. The van der Waals surface area contributed by atoms with Crippen LogP contribution in [0.15, 0.2) is 30.3 Å². The van der Waals surface area contributed by atoms with Gasteiger partial charge in [-0.1, -0.05) is 18.2 Å². The Kier molecular flexibility index (Phi) is 3.94. The minimum atomic E-state index is 0.777. The van der Waals surface area contributed by atoms with Crippen LogP contribution in [0.5, 0.6) is 0 Å². The molecular formula is C14H18N2O. The average Bonchev–Trinajstić information content (AvgIpc) is 2.35. The summed E-state index contributed by atoms with van der Waals surface area (Å²) in [6, 6.07) is 10.3. The summed E-state index contributed by atoms with van der Waals surface area (Å²) in [5.41, 5.74) is 2.30. The van der Waals surface area contributed by atoms with Crippen molar-refractivity contribution in [2.75, 3.05) is 25.6 Å². The van der Waals surface area contributed by atoms with Crippen molar-refractivity contribution in [2.45, 2.75) is 13.3 Å². The second-order valence-corrected chi connectivity index (χ2v) is 4.11. The van der Waals surface area contributed by atoms with Gasteiger partial charge in [0.15, 0.2) is 0 Å². The molecule has 1 aromatic heterocycles. The molecule has 90 valence electrons. The largest absolute Gasteiger partial charge is 0.385 e. The molecule has 17 heavy (non-hydrogen) atoms. The van der Waals surface area contributed by atoms with Crippen LogP contribution in [-0.2, 0) is 4.74 Å². The monoisotopic (exact) mass is 230 g/mol. The van der Waals surface area contributed by atoms with Crippen LogP contribution in [-0.4, -0.2) is 25.2 Å². The normalized spacial score (nSPS) is 10.7. The van der Waals surface area contributed by atoms with Gasteiger partial charge < -0.3 is 10.1 Å². The number of nitrogens with zero attached hydrogens (tertiary/aromatic N) is 1. The van der Waals surface area contributed by atoms with Gasteiger partial charge in [0, 0.05) is 25.6 Å². The highest BCUT2D eigenvalue weighted by atomic mass is 16.5. The second-order valence-electron chi connectivity index (χ2n) is 4.11. The Bertz CT molecular complexity index is 497. The second kappa shape index (κ2) is 5.64. The molecule has 0 aliphatic heterocycles. The van der Waals surface area contributed by atoms with Crippen LogP contribution < -0.4 is 5.32 Å². The summed E-state index contributed by atoms with van der Waals surface area (Å²) < 4.78 is 5.01. The Labute approximate surface area is 102 Å². The lowest BCUT2D eigenvalue weighted by molar-refractivity contribution is 0.198. The van der Waals surface area contributed by atoms with Gasteiger partial charge in [0.2, 0.25) is 0 Å². The molecule has 0 aliphatic rings. The van der Waals surface area contributed by atoms with Crippen molar-refractivity contribution in [1.29, 1.82) is 0 Å². The summed E-state index contributed by atoms with van der Waals surface area (Å²) in [5, 5.41) is 4.54. The number of anilines is 1. The van der Waals surface area contributed by atoms with Gasteiger partial charge in [-0.05, 0) is 31.0 Å². The van der Waals surface area contributed by atoms with Gasteiger partial charge in [0.1, 0.15) is 5.82 Å². The maximum Gasteiger partial charge on any atom is 0.126 e. The summed E-state index contributed by atoms with van der Waals surface area (Å²) in [7, 11) is 1.72. The van der Waals surface area contributed by atoms with Crippen LogP contribution in [0.1, 0.15) is 12.0 Å². The number of benzene rings is 1. The molecule has 3 heteroatoms. The number of nitrogens with one attached hydrogen (secondary N) is 1. The molecule has 0 fully saturated rings. The zero-order valence-electron chi connectivity index (χ0n) is 10.4. The van der Waals surface area contributed by atoms with Crippen molar-refractivity contribution in [3.05, 3.63) is 35.9 Å². The summed E-state index contributed by atoms with van der Waals surface area (Å²) in [5.74, 6) is 0.942. The first-order chi connectivity index (χ1) is 8.31. The summed E-state index contributed by atoms with van der Waals surface area (Å²) in [4.78, 5) is 4.58. The number of pyridine rings is 1. The Morgan fingerprint density at radius 1 is 1.29 bits per heavy atom. The first kappa shape index (κ1) is 11.9. The van der Waals surface area contributed by atoms with Gasteiger partial charge in [-0.25, -0.2) is 4.98 Å². The summed E-state index contributed by atoms with van der Waals surface area (Å²) >= 11 is 0. The first-order valence-corrected chi connectivity index (χ1v) is 5.90. The number of methoxy groups -OCH3 is 1. The number of aromatic nitrogens is 1. The fourth-order valence-electron chi connectivity index (χ4n) is 1.87. The third-order valence-electron chi connectivity index (χ3n) is 2.75. The zero-order chi connectivity index (χ0) is 12.1. The SMILES string of the molecule is COCCCNc1cc(C)c2ccccc2n1. The van der Waals surface area contributed by atoms with E-state index in [1.54, 1.807) is 7.11 Å². The van der Waals surface area contributed by atoms with Crippen LogP contribution in [0.25, 0.3) is 10.9 Å². The van der Waals surface area contributed by atoms with Gasteiger partial charge >= 0.3 is 0 Å². The van der Waals surface area contributed by atoms with E-state index in [1.165, 1.54) is 10.9 Å². The molecular weight excluding hydrogens is 212 g/mol. The van der Waals surface area contributed by atoms with Crippen molar-refractivity contribution >= 4 is 16.7 Å². The fourth-order valence-corrected chi connectivity index (χ4v) is 1.87. The van der Waals surface area contributed by atoms with Crippen molar-refractivity contribution in [3.63, 3.8) is 0 Å². The molecule has 0 amide bonds. The van der Waals surface area contributed by atoms with Crippen molar-refractivity contribution in [1.82, 2.24) is 4.98 Å². The lowest BCUT2D eigenvalue weighted by Crippen LogP contribution is -2.06. The molecule has 3 nitrogen and oxygen atoms in total. The maximum absolute atomic E-state index is 5.01. The molecule has 0 radical (unpaired) electrons. The van der Waals surface area contributed by atoms with Gasteiger partial charge in [0.25, 0.3) is 0 Å². The van der Waals surface area contributed by atoms with E-state index in [9.17, 15) is 0 Å². The molecule has 1 N–H and O–H groups in total.